The van der Waals surface area contributed by atoms with Crippen LogP contribution in [0, 0.1) is 25.5 Å². The first kappa shape index (κ1) is 15.4. The molecular weight excluding hydrogens is 342 g/mol. The van der Waals surface area contributed by atoms with Gasteiger partial charge in [-0.15, -0.1) is 0 Å². The Hall–Kier alpha value is -1.95. The number of hydrogen-bond acceptors (Lipinski definition) is 2. The number of nitrogens with one attached hydrogen (secondary N) is 1. The van der Waals surface area contributed by atoms with E-state index in [1.807, 2.05) is 6.92 Å². The fourth-order valence-electron chi connectivity index (χ4n) is 1.94. The molecule has 2 aromatic rings. The van der Waals surface area contributed by atoms with Crippen LogP contribution in [0.25, 0.3) is 0 Å². The van der Waals surface area contributed by atoms with Crippen molar-refractivity contribution in [3.8, 4) is 0 Å². The Bertz CT molecular complexity index is 709. The van der Waals surface area contributed by atoms with Crippen molar-refractivity contribution in [2.24, 2.45) is 0 Å². The van der Waals surface area contributed by atoms with E-state index in [0.29, 0.717) is 10.2 Å². The predicted molar refractivity (Wildman–Crippen MR) is 82.3 cm³/mol. The van der Waals surface area contributed by atoms with Gasteiger partial charge in [-0.05, 0) is 59.1 Å². The topological polar surface area (TPSA) is 55.1 Å². The van der Waals surface area contributed by atoms with Crippen LogP contribution < -0.4 is 11.1 Å². The van der Waals surface area contributed by atoms with E-state index < -0.39 is 23.1 Å². The van der Waals surface area contributed by atoms with Gasteiger partial charge in [0.25, 0.3) is 5.91 Å². The summed E-state index contributed by atoms with van der Waals surface area (Å²) >= 11 is 3.27. The number of carbonyl (C=O) groups is 1. The number of nitrogens with two attached hydrogens (primary N) is 1. The maximum absolute atomic E-state index is 13.9. The number of rotatable bonds is 2. The standard InChI is InChI=1S/C15H13BrF2N2O/c1-7-5-9(16)14(11(19)6-7)20-15(21)12-10(17)4-3-8(2)13(12)18/h3-6H,19H2,1-2H3,(H,20,21). The zero-order chi connectivity index (χ0) is 15.7. The van der Waals surface area contributed by atoms with E-state index in [0.717, 1.165) is 11.6 Å². The average Bonchev–Trinajstić information content (AvgIpc) is 2.38. The Morgan fingerprint density at radius 1 is 1.24 bits per heavy atom. The van der Waals surface area contributed by atoms with Crippen molar-refractivity contribution in [3.63, 3.8) is 0 Å². The Labute approximate surface area is 129 Å². The van der Waals surface area contributed by atoms with E-state index in [1.54, 1.807) is 12.1 Å². The van der Waals surface area contributed by atoms with Crippen molar-refractivity contribution >= 4 is 33.2 Å². The lowest BCUT2D eigenvalue weighted by Crippen LogP contribution is -2.18. The van der Waals surface area contributed by atoms with Crippen LogP contribution >= 0.6 is 15.9 Å². The van der Waals surface area contributed by atoms with Gasteiger partial charge in [0.2, 0.25) is 0 Å². The molecule has 2 aromatic carbocycles. The molecule has 21 heavy (non-hydrogen) atoms. The molecule has 0 spiro atoms. The molecule has 0 saturated carbocycles. The summed E-state index contributed by atoms with van der Waals surface area (Å²) in [5.41, 5.74) is 6.88. The van der Waals surface area contributed by atoms with Gasteiger partial charge in [0.15, 0.2) is 0 Å². The first-order valence-electron chi connectivity index (χ1n) is 6.13. The van der Waals surface area contributed by atoms with E-state index in [2.05, 4.69) is 21.2 Å². The first-order valence-corrected chi connectivity index (χ1v) is 6.92. The van der Waals surface area contributed by atoms with Gasteiger partial charge in [0.1, 0.15) is 17.2 Å². The third kappa shape index (κ3) is 3.05. The summed E-state index contributed by atoms with van der Waals surface area (Å²) in [4.78, 5) is 12.1. The van der Waals surface area contributed by atoms with E-state index >= 15 is 0 Å². The minimum atomic E-state index is -0.919. The summed E-state index contributed by atoms with van der Waals surface area (Å²) in [6.07, 6.45) is 0. The summed E-state index contributed by atoms with van der Waals surface area (Å²) in [5.74, 6) is -2.68. The summed E-state index contributed by atoms with van der Waals surface area (Å²) in [6, 6.07) is 5.73. The number of nitrogen functional groups attached to an aromatic ring is 1. The fourth-order valence-corrected chi connectivity index (χ4v) is 2.63. The summed E-state index contributed by atoms with van der Waals surface area (Å²) < 4.78 is 28.2. The van der Waals surface area contributed by atoms with Crippen molar-refractivity contribution in [3.05, 3.63) is 57.1 Å². The van der Waals surface area contributed by atoms with E-state index in [4.69, 9.17) is 5.73 Å². The lowest BCUT2D eigenvalue weighted by atomic mass is 10.1. The van der Waals surface area contributed by atoms with Crippen molar-refractivity contribution in [2.45, 2.75) is 13.8 Å². The minimum absolute atomic E-state index is 0.192. The molecule has 2 rings (SSSR count). The average molecular weight is 355 g/mol. The molecule has 0 aromatic heterocycles. The lowest BCUT2D eigenvalue weighted by molar-refractivity contribution is 0.101. The van der Waals surface area contributed by atoms with E-state index in [9.17, 15) is 13.6 Å². The Morgan fingerprint density at radius 3 is 2.52 bits per heavy atom. The smallest absolute Gasteiger partial charge is 0.261 e. The van der Waals surface area contributed by atoms with Gasteiger partial charge in [0, 0.05) is 4.47 Å². The van der Waals surface area contributed by atoms with Crippen LogP contribution in [0.3, 0.4) is 0 Å². The summed E-state index contributed by atoms with van der Waals surface area (Å²) in [5, 5.41) is 2.44. The van der Waals surface area contributed by atoms with Crippen LogP contribution in [-0.2, 0) is 0 Å². The number of anilines is 2. The Kier molecular flexibility index (Phi) is 4.27. The van der Waals surface area contributed by atoms with Crippen LogP contribution in [0.1, 0.15) is 21.5 Å². The lowest BCUT2D eigenvalue weighted by Gasteiger charge is -2.13. The molecule has 0 atom stereocenters. The van der Waals surface area contributed by atoms with Crippen molar-refractivity contribution < 1.29 is 13.6 Å². The summed E-state index contributed by atoms with van der Waals surface area (Å²) in [7, 11) is 0. The molecule has 3 N–H and O–H groups in total. The molecule has 0 aliphatic heterocycles. The van der Waals surface area contributed by atoms with Crippen molar-refractivity contribution in [1.82, 2.24) is 0 Å². The number of carbonyl (C=O) groups excluding carboxylic acids is 1. The fraction of sp³-hybridized carbons (Fsp3) is 0.133. The zero-order valence-electron chi connectivity index (χ0n) is 11.4. The zero-order valence-corrected chi connectivity index (χ0v) is 13.0. The van der Waals surface area contributed by atoms with Crippen LogP contribution in [0.5, 0.6) is 0 Å². The van der Waals surface area contributed by atoms with Crippen LogP contribution in [0.15, 0.2) is 28.7 Å². The van der Waals surface area contributed by atoms with Gasteiger partial charge < -0.3 is 11.1 Å². The van der Waals surface area contributed by atoms with Gasteiger partial charge in [-0.1, -0.05) is 6.07 Å². The van der Waals surface area contributed by atoms with Crippen molar-refractivity contribution in [1.29, 1.82) is 0 Å². The highest BCUT2D eigenvalue weighted by molar-refractivity contribution is 9.10. The maximum atomic E-state index is 13.9. The maximum Gasteiger partial charge on any atom is 0.261 e. The highest BCUT2D eigenvalue weighted by Crippen LogP contribution is 2.31. The molecule has 0 radical (unpaired) electrons. The quantitative estimate of drug-likeness (QED) is 0.794. The molecule has 0 fully saturated rings. The van der Waals surface area contributed by atoms with Crippen LogP contribution in [-0.4, -0.2) is 5.91 Å². The molecule has 0 bridgehead atoms. The molecule has 3 nitrogen and oxygen atoms in total. The molecule has 0 saturated heterocycles. The van der Waals surface area contributed by atoms with Gasteiger partial charge in [0.05, 0.1) is 11.4 Å². The second kappa shape index (κ2) is 5.81. The van der Waals surface area contributed by atoms with E-state index in [-0.39, 0.29) is 11.3 Å². The largest absolute Gasteiger partial charge is 0.397 e. The molecule has 0 aliphatic carbocycles. The number of amides is 1. The molecule has 1 amide bonds. The van der Waals surface area contributed by atoms with Crippen LogP contribution in [0.2, 0.25) is 0 Å². The number of hydrogen-bond donors (Lipinski definition) is 2. The third-order valence-electron chi connectivity index (χ3n) is 3.01. The third-order valence-corrected chi connectivity index (χ3v) is 3.64. The van der Waals surface area contributed by atoms with Crippen molar-refractivity contribution in [2.75, 3.05) is 11.1 Å². The molecule has 6 heteroatoms. The normalized spacial score (nSPS) is 10.5. The highest BCUT2D eigenvalue weighted by Gasteiger charge is 2.20. The number of benzene rings is 2. The van der Waals surface area contributed by atoms with Gasteiger partial charge in [-0.2, -0.15) is 0 Å². The monoisotopic (exact) mass is 354 g/mol. The Morgan fingerprint density at radius 2 is 1.90 bits per heavy atom. The van der Waals surface area contributed by atoms with Gasteiger partial charge in [-0.3, -0.25) is 4.79 Å². The minimum Gasteiger partial charge on any atom is -0.397 e. The molecule has 0 unspecified atom stereocenters. The summed E-state index contributed by atoms with van der Waals surface area (Å²) in [6.45, 7) is 3.30. The molecule has 0 heterocycles. The van der Waals surface area contributed by atoms with Crippen LogP contribution in [0.4, 0.5) is 20.2 Å². The molecular formula is C15H13BrF2N2O. The highest BCUT2D eigenvalue weighted by atomic mass is 79.9. The molecule has 0 aliphatic rings. The van der Waals surface area contributed by atoms with Gasteiger partial charge in [-0.25, -0.2) is 8.78 Å². The SMILES string of the molecule is Cc1cc(N)c(NC(=O)c2c(F)ccc(C)c2F)c(Br)c1. The number of halogens is 3. The number of aryl methyl sites for hydroxylation is 2. The first-order chi connectivity index (χ1) is 9.81. The second-order valence-corrected chi connectivity index (χ2v) is 5.57. The Balaban J connectivity index is 2.42. The second-order valence-electron chi connectivity index (χ2n) is 4.72. The van der Waals surface area contributed by atoms with Gasteiger partial charge >= 0.3 is 0 Å². The predicted octanol–water partition coefficient (Wildman–Crippen LogP) is 4.18. The molecule has 110 valence electrons. The van der Waals surface area contributed by atoms with E-state index in [1.165, 1.54) is 13.0 Å².